The van der Waals surface area contributed by atoms with E-state index >= 15 is 4.39 Å². The van der Waals surface area contributed by atoms with Crippen LogP contribution in [-0.2, 0) is 11.2 Å². The van der Waals surface area contributed by atoms with Crippen molar-refractivity contribution in [2.24, 2.45) is 0 Å². The Bertz CT molecular complexity index is 971. The maximum absolute atomic E-state index is 15.1. The largest absolute Gasteiger partial charge is 0.456 e. The van der Waals surface area contributed by atoms with Gasteiger partial charge in [-0.1, -0.05) is 18.2 Å². The maximum Gasteiger partial charge on any atom is 0.224 e. The van der Waals surface area contributed by atoms with Crippen LogP contribution in [0.5, 0.6) is 11.5 Å². The Hall–Kier alpha value is -3.15. The number of anilines is 1. The van der Waals surface area contributed by atoms with Gasteiger partial charge >= 0.3 is 0 Å². The molecule has 0 aliphatic carbocycles. The van der Waals surface area contributed by atoms with Crippen LogP contribution < -0.4 is 9.64 Å². The van der Waals surface area contributed by atoms with Crippen LogP contribution in [-0.4, -0.2) is 22.1 Å². The predicted octanol–water partition coefficient (Wildman–Crippen LogP) is 4.70. The van der Waals surface area contributed by atoms with Gasteiger partial charge in [0.05, 0.1) is 11.9 Å². The highest BCUT2D eigenvalue weighted by atomic mass is 19.1. The fourth-order valence-electron chi connectivity index (χ4n) is 3.67. The standard InChI is InChI=1S/C21H20FN3O2/c1-13-8-9-17-20(25(13)14(2)26)19(22)10-18(15-11-23-24-12-15)21(17)27-16-6-4-3-5-7-16/h3-7,10-13H,8-9H2,1-2H3,(H,23,24)/t13-/m0/s1. The molecule has 1 amide bonds. The van der Waals surface area contributed by atoms with Crippen molar-refractivity contribution in [1.29, 1.82) is 0 Å². The molecule has 0 bridgehead atoms. The van der Waals surface area contributed by atoms with Gasteiger partial charge in [0.1, 0.15) is 17.3 Å². The van der Waals surface area contributed by atoms with Gasteiger partial charge in [0.25, 0.3) is 0 Å². The molecule has 0 fully saturated rings. The molecule has 1 aliphatic rings. The van der Waals surface area contributed by atoms with E-state index in [9.17, 15) is 4.79 Å². The van der Waals surface area contributed by atoms with E-state index in [0.717, 1.165) is 12.0 Å². The van der Waals surface area contributed by atoms with E-state index in [2.05, 4.69) is 10.2 Å². The molecule has 6 heteroatoms. The second-order valence-electron chi connectivity index (χ2n) is 6.74. The molecular weight excluding hydrogens is 345 g/mol. The summed E-state index contributed by atoms with van der Waals surface area (Å²) in [6.45, 7) is 3.40. The summed E-state index contributed by atoms with van der Waals surface area (Å²) < 4.78 is 21.3. The number of nitrogens with one attached hydrogen (secondary N) is 1. The fraction of sp³-hybridized carbons (Fsp3) is 0.238. The first-order chi connectivity index (χ1) is 13.1. The summed E-state index contributed by atoms with van der Waals surface area (Å²) in [5.41, 5.74) is 2.38. The minimum atomic E-state index is -0.427. The molecule has 0 saturated carbocycles. The summed E-state index contributed by atoms with van der Waals surface area (Å²) >= 11 is 0. The van der Waals surface area contributed by atoms with Gasteiger partial charge in [0.2, 0.25) is 5.91 Å². The smallest absolute Gasteiger partial charge is 0.224 e. The number of carbonyl (C=O) groups is 1. The molecule has 0 saturated heterocycles. The van der Waals surface area contributed by atoms with Crippen LogP contribution in [0.3, 0.4) is 0 Å². The third kappa shape index (κ3) is 3.07. The third-order valence-electron chi connectivity index (χ3n) is 4.91. The van der Waals surface area contributed by atoms with Gasteiger partial charge in [0.15, 0.2) is 0 Å². The first-order valence-electron chi connectivity index (χ1n) is 8.93. The van der Waals surface area contributed by atoms with Crippen LogP contribution in [0.25, 0.3) is 11.1 Å². The lowest BCUT2D eigenvalue weighted by Gasteiger charge is -2.36. The number of benzene rings is 2. The lowest BCUT2D eigenvalue weighted by molar-refractivity contribution is -0.117. The first kappa shape index (κ1) is 17.3. The number of aromatic amines is 1. The number of fused-ring (bicyclic) bond motifs is 1. The summed E-state index contributed by atoms with van der Waals surface area (Å²) in [6.07, 6.45) is 4.71. The van der Waals surface area contributed by atoms with Crippen molar-refractivity contribution in [3.63, 3.8) is 0 Å². The lowest BCUT2D eigenvalue weighted by atomic mass is 9.91. The number of amides is 1. The van der Waals surface area contributed by atoms with E-state index < -0.39 is 5.82 Å². The molecule has 27 heavy (non-hydrogen) atoms. The van der Waals surface area contributed by atoms with Gasteiger partial charge in [0, 0.05) is 35.9 Å². The maximum atomic E-state index is 15.1. The van der Waals surface area contributed by atoms with Crippen LogP contribution in [0, 0.1) is 5.82 Å². The Balaban J connectivity index is 1.95. The van der Waals surface area contributed by atoms with Crippen molar-refractivity contribution in [3.05, 3.63) is 60.2 Å². The molecule has 5 nitrogen and oxygen atoms in total. The topological polar surface area (TPSA) is 58.2 Å². The van der Waals surface area contributed by atoms with Gasteiger partial charge in [-0.15, -0.1) is 0 Å². The number of hydrogen-bond acceptors (Lipinski definition) is 3. The van der Waals surface area contributed by atoms with Gasteiger partial charge in [-0.3, -0.25) is 9.89 Å². The van der Waals surface area contributed by atoms with E-state index in [1.165, 1.54) is 17.9 Å². The zero-order valence-electron chi connectivity index (χ0n) is 15.2. The summed E-state index contributed by atoms with van der Waals surface area (Å²) in [6, 6.07) is 10.7. The Morgan fingerprint density at radius 2 is 2.11 bits per heavy atom. The normalized spacial score (nSPS) is 16.1. The Kier molecular flexibility index (Phi) is 4.39. The molecule has 3 aromatic rings. The zero-order chi connectivity index (χ0) is 19.0. The van der Waals surface area contributed by atoms with Crippen molar-refractivity contribution in [3.8, 4) is 22.6 Å². The molecule has 1 aromatic heterocycles. The molecular formula is C21H20FN3O2. The van der Waals surface area contributed by atoms with Crippen LogP contribution in [0.2, 0.25) is 0 Å². The number of carbonyl (C=O) groups excluding carboxylic acids is 1. The van der Waals surface area contributed by atoms with Crippen molar-refractivity contribution < 1.29 is 13.9 Å². The number of hydrogen-bond donors (Lipinski definition) is 1. The second-order valence-corrected chi connectivity index (χ2v) is 6.74. The summed E-state index contributed by atoms with van der Waals surface area (Å²) in [5, 5.41) is 6.74. The second kappa shape index (κ2) is 6.87. The number of halogens is 1. The minimum Gasteiger partial charge on any atom is -0.456 e. The molecule has 0 unspecified atom stereocenters. The van der Waals surface area contributed by atoms with E-state index in [0.29, 0.717) is 34.7 Å². The first-order valence-corrected chi connectivity index (χ1v) is 8.93. The SMILES string of the molecule is CC(=O)N1c2c(F)cc(-c3cn[nH]c3)c(Oc3ccccc3)c2CC[C@@H]1C. The van der Waals surface area contributed by atoms with E-state index in [4.69, 9.17) is 4.74 Å². The third-order valence-corrected chi connectivity index (χ3v) is 4.91. The van der Waals surface area contributed by atoms with Gasteiger partial charge in [-0.05, 0) is 38.0 Å². The number of rotatable bonds is 3. The molecule has 138 valence electrons. The molecule has 1 aliphatic heterocycles. The Morgan fingerprint density at radius 1 is 1.33 bits per heavy atom. The van der Waals surface area contributed by atoms with Crippen molar-refractivity contribution >= 4 is 11.6 Å². The monoisotopic (exact) mass is 365 g/mol. The highest BCUT2D eigenvalue weighted by Gasteiger charge is 2.33. The van der Waals surface area contributed by atoms with E-state index in [-0.39, 0.29) is 11.9 Å². The van der Waals surface area contributed by atoms with Crippen LogP contribution in [0.4, 0.5) is 10.1 Å². The molecule has 2 aromatic carbocycles. The van der Waals surface area contributed by atoms with Crippen LogP contribution >= 0.6 is 0 Å². The Morgan fingerprint density at radius 3 is 2.78 bits per heavy atom. The predicted molar refractivity (Wildman–Crippen MR) is 101 cm³/mol. The summed E-state index contributed by atoms with van der Waals surface area (Å²) in [4.78, 5) is 13.7. The molecule has 1 atom stereocenters. The molecule has 1 N–H and O–H groups in total. The molecule has 0 radical (unpaired) electrons. The zero-order valence-corrected chi connectivity index (χ0v) is 15.2. The van der Waals surface area contributed by atoms with Gasteiger partial charge in [-0.2, -0.15) is 5.10 Å². The number of ether oxygens (including phenoxy) is 1. The quantitative estimate of drug-likeness (QED) is 0.732. The lowest BCUT2D eigenvalue weighted by Crippen LogP contribution is -2.41. The molecule has 4 rings (SSSR count). The number of para-hydroxylation sites is 1. The average molecular weight is 365 g/mol. The van der Waals surface area contributed by atoms with Gasteiger partial charge < -0.3 is 9.64 Å². The molecule has 2 heterocycles. The average Bonchev–Trinajstić information content (AvgIpc) is 3.19. The number of H-pyrrole nitrogens is 1. The van der Waals surface area contributed by atoms with Gasteiger partial charge in [-0.25, -0.2) is 4.39 Å². The minimum absolute atomic E-state index is 0.0612. The number of aromatic nitrogens is 2. The molecule has 0 spiro atoms. The fourth-order valence-corrected chi connectivity index (χ4v) is 3.67. The van der Waals surface area contributed by atoms with Crippen molar-refractivity contribution in [1.82, 2.24) is 10.2 Å². The number of nitrogens with zero attached hydrogens (tertiary/aromatic N) is 2. The summed E-state index contributed by atoms with van der Waals surface area (Å²) in [5.74, 6) is 0.619. The Labute approximate surface area is 156 Å². The van der Waals surface area contributed by atoms with Crippen LogP contribution in [0.1, 0.15) is 25.8 Å². The van der Waals surface area contributed by atoms with E-state index in [1.54, 1.807) is 12.4 Å². The van der Waals surface area contributed by atoms with Crippen LogP contribution in [0.15, 0.2) is 48.8 Å². The summed E-state index contributed by atoms with van der Waals surface area (Å²) in [7, 11) is 0. The van der Waals surface area contributed by atoms with Crippen molar-refractivity contribution in [2.45, 2.75) is 32.7 Å². The van der Waals surface area contributed by atoms with Crippen molar-refractivity contribution in [2.75, 3.05) is 4.90 Å². The van der Waals surface area contributed by atoms with E-state index in [1.807, 2.05) is 37.3 Å². The highest BCUT2D eigenvalue weighted by molar-refractivity contribution is 5.95. The highest BCUT2D eigenvalue weighted by Crippen LogP contribution is 2.46.